The molecule has 0 saturated carbocycles. The largest absolute Gasteiger partial charge is 0.494 e. The minimum Gasteiger partial charge on any atom is -0.494 e. The lowest BCUT2D eigenvalue weighted by molar-refractivity contribution is 0.295. The zero-order valence-electron chi connectivity index (χ0n) is 12.4. The van der Waals surface area contributed by atoms with Crippen LogP contribution in [-0.2, 0) is 0 Å². The molecular weight excluding hydrogens is 384 g/mol. The van der Waals surface area contributed by atoms with Gasteiger partial charge in [0, 0.05) is 0 Å². The first-order valence-corrected chi connectivity index (χ1v) is 9.02. The van der Waals surface area contributed by atoms with Crippen molar-refractivity contribution in [3.05, 3.63) is 21.1 Å². The second-order valence-corrected chi connectivity index (χ2v) is 6.54. The lowest BCUT2D eigenvalue weighted by atomic mass is 10.2. The highest BCUT2D eigenvalue weighted by Crippen LogP contribution is 2.37. The molecule has 0 aliphatic heterocycles. The molecule has 0 aliphatic rings. The minimum atomic E-state index is 0.752. The Kier molecular flexibility index (Phi) is 9.36. The standard InChI is InChI=1S/C16H24Br2O2/c1-3-5-7-9-19-13-11-14(17)16(15(18)12-13)20-10-8-6-4-2/h11-12H,3-10H2,1-2H3. The Balaban J connectivity index is 2.52. The van der Waals surface area contributed by atoms with Crippen molar-refractivity contribution < 1.29 is 9.47 Å². The Hall–Kier alpha value is -0.220. The van der Waals surface area contributed by atoms with Crippen LogP contribution in [0.3, 0.4) is 0 Å². The van der Waals surface area contributed by atoms with E-state index in [0.29, 0.717) is 0 Å². The van der Waals surface area contributed by atoms with E-state index >= 15 is 0 Å². The molecule has 0 radical (unpaired) electrons. The van der Waals surface area contributed by atoms with Gasteiger partial charge in [0.2, 0.25) is 0 Å². The molecule has 0 N–H and O–H groups in total. The summed E-state index contributed by atoms with van der Waals surface area (Å²) in [5.41, 5.74) is 0. The summed E-state index contributed by atoms with van der Waals surface area (Å²) >= 11 is 7.11. The van der Waals surface area contributed by atoms with Gasteiger partial charge in [-0.05, 0) is 56.8 Å². The molecule has 0 atom stereocenters. The highest BCUT2D eigenvalue weighted by Gasteiger charge is 2.09. The van der Waals surface area contributed by atoms with Crippen molar-refractivity contribution in [2.45, 2.75) is 52.4 Å². The molecule has 0 amide bonds. The number of unbranched alkanes of at least 4 members (excludes halogenated alkanes) is 4. The third kappa shape index (κ3) is 6.49. The van der Waals surface area contributed by atoms with Crippen LogP contribution in [-0.4, -0.2) is 13.2 Å². The smallest absolute Gasteiger partial charge is 0.147 e. The number of benzene rings is 1. The van der Waals surface area contributed by atoms with Gasteiger partial charge in [-0.25, -0.2) is 0 Å². The van der Waals surface area contributed by atoms with Gasteiger partial charge in [0.05, 0.1) is 22.2 Å². The predicted molar refractivity (Wildman–Crippen MR) is 91.9 cm³/mol. The summed E-state index contributed by atoms with van der Waals surface area (Å²) in [5.74, 6) is 1.74. The zero-order valence-corrected chi connectivity index (χ0v) is 15.6. The van der Waals surface area contributed by atoms with Crippen LogP contribution < -0.4 is 9.47 Å². The molecule has 0 bridgehead atoms. The Morgan fingerprint density at radius 3 is 1.80 bits per heavy atom. The first kappa shape index (κ1) is 17.8. The molecule has 114 valence electrons. The van der Waals surface area contributed by atoms with Crippen LogP contribution in [0.1, 0.15) is 52.4 Å². The Bertz CT molecular complexity index is 371. The molecule has 2 nitrogen and oxygen atoms in total. The Labute approximate surface area is 139 Å². The van der Waals surface area contributed by atoms with Crippen molar-refractivity contribution in [3.8, 4) is 11.5 Å². The van der Waals surface area contributed by atoms with Crippen molar-refractivity contribution in [3.63, 3.8) is 0 Å². The second kappa shape index (κ2) is 10.5. The first-order valence-electron chi connectivity index (χ1n) is 7.43. The molecular formula is C16H24Br2O2. The molecule has 0 unspecified atom stereocenters. The monoisotopic (exact) mass is 406 g/mol. The maximum absolute atomic E-state index is 5.82. The maximum atomic E-state index is 5.82. The fraction of sp³-hybridized carbons (Fsp3) is 0.625. The molecule has 0 spiro atoms. The summed E-state index contributed by atoms with van der Waals surface area (Å²) in [7, 11) is 0. The van der Waals surface area contributed by atoms with Crippen LogP contribution in [0, 0.1) is 0 Å². The van der Waals surface area contributed by atoms with Crippen molar-refractivity contribution in [2.75, 3.05) is 13.2 Å². The van der Waals surface area contributed by atoms with Crippen molar-refractivity contribution in [1.29, 1.82) is 0 Å². The summed E-state index contributed by atoms with van der Waals surface area (Å²) < 4.78 is 13.4. The summed E-state index contributed by atoms with van der Waals surface area (Å²) in [4.78, 5) is 0. The van der Waals surface area contributed by atoms with E-state index in [1.54, 1.807) is 0 Å². The van der Waals surface area contributed by atoms with Crippen LogP contribution in [0.15, 0.2) is 21.1 Å². The molecule has 4 heteroatoms. The van der Waals surface area contributed by atoms with Crippen LogP contribution in [0.25, 0.3) is 0 Å². The highest BCUT2D eigenvalue weighted by molar-refractivity contribution is 9.11. The van der Waals surface area contributed by atoms with Crippen molar-refractivity contribution in [1.82, 2.24) is 0 Å². The molecule has 0 saturated heterocycles. The summed E-state index contributed by atoms with van der Waals surface area (Å²) in [5, 5.41) is 0. The van der Waals surface area contributed by atoms with E-state index in [1.165, 1.54) is 25.7 Å². The summed E-state index contributed by atoms with van der Waals surface area (Å²) in [6.45, 7) is 5.90. The van der Waals surface area contributed by atoms with E-state index < -0.39 is 0 Å². The average Bonchev–Trinajstić information content (AvgIpc) is 2.42. The van der Waals surface area contributed by atoms with Gasteiger partial charge in [-0.2, -0.15) is 0 Å². The van der Waals surface area contributed by atoms with Crippen LogP contribution >= 0.6 is 31.9 Å². The molecule has 0 aliphatic carbocycles. The van der Waals surface area contributed by atoms with E-state index in [0.717, 1.165) is 46.5 Å². The average molecular weight is 408 g/mol. The number of rotatable bonds is 10. The zero-order chi connectivity index (χ0) is 14.8. The van der Waals surface area contributed by atoms with Gasteiger partial charge in [-0.3, -0.25) is 0 Å². The Morgan fingerprint density at radius 2 is 1.30 bits per heavy atom. The molecule has 1 rings (SSSR count). The third-order valence-electron chi connectivity index (χ3n) is 2.98. The van der Waals surface area contributed by atoms with Gasteiger partial charge >= 0.3 is 0 Å². The molecule has 0 fully saturated rings. The number of hydrogen-bond acceptors (Lipinski definition) is 2. The topological polar surface area (TPSA) is 18.5 Å². The predicted octanol–water partition coefficient (Wildman–Crippen LogP) is 6.35. The molecule has 1 aromatic carbocycles. The number of hydrogen-bond donors (Lipinski definition) is 0. The fourth-order valence-corrected chi connectivity index (χ4v) is 3.20. The maximum Gasteiger partial charge on any atom is 0.147 e. The van der Waals surface area contributed by atoms with Gasteiger partial charge in [0.15, 0.2) is 0 Å². The molecule has 20 heavy (non-hydrogen) atoms. The first-order chi connectivity index (χ1) is 9.69. The number of halogens is 2. The van der Waals surface area contributed by atoms with Crippen LogP contribution in [0.4, 0.5) is 0 Å². The van der Waals surface area contributed by atoms with E-state index in [2.05, 4.69) is 45.7 Å². The molecule has 0 heterocycles. The number of ether oxygens (including phenoxy) is 2. The van der Waals surface area contributed by atoms with Gasteiger partial charge in [0.1, 0.15) is 11.5 Å². The van der Waals surface area contributed by atoms with E-state index in [9.17, 15) is 0 Å². The van der Waals surface area contributed by atoms with Crippen molar-refractivity contribution in [2.24, 2.45) is 0 Å². The van der Waals surface area contributed by atoms with Gasteiger partial charge in [0.25, 0.3) is 0 Å². The highest BCUT2D eigenvalue weighted by atomic mass is 79.9. The lowest BCUT2D eigenvalue weighted by Gasteiger charge is -2.13. The Morgan fingerprint density at radius 1 is 0.800 bits per heavy atom. The van der Waals surface area contributed by atoms with Crippen LogP contribution in [0.2, 0.25) is 0 Å². The lowest BCUT2D eigenvalue weighted by Crippen LogP contribution is -2.00. The van der Waals surface area contributed by atoms with Gasteiger partial charge in [-0.15, -0.1) is 0 Å². The quantitative estimate of drug-likeness (QED) is 0.420. The van der Waals surface area contributed by atoms with Crippen molar-refractivity contribution >= 4 is 31.9 Å². The SMILES string of the molecule is CCCCCOc1cc(Br)c(OCCCCC)c(Br)c1. The second-order valence-electron chi connectivity index (χ2n) is 4.83. The van der Waals surface area contributed by atoms with Gasteiger partial charge in [-0.1, -0.05) is 39.5 Å². The normalized spacial score (nSPS) is 10.6. The van der Waals surface area contributed by atoms with E-state index in [4.69, 9.17) is 9.47 Å². The van der Waals surface area contributed by atoms with Crippen LogP contribution in [0.5, 0.6) is 11.5 Å². The third-order valence-corrected chi connectivity index (χ3v) is 4.16. The molecule has 1 aromatic rings. The fourth-order valence-electron chi connectivity index (χ4n) is 1.83. The summed E-state index contributed by atoms with van der Waals surface area (Å²) in [6.07, 6.45) is 7.01. The molecule has 0 aromatic heterocycles. The minimum absolute atomic E-state index is 0.752. The van der Waals surface area contributed by atoms with E-state index in [-0.39, 0.29) is 0 Å². The van der Waals surface area contributed by atoms with E-state index in [1.807, 2.05) is 12.1 Å². The van der Waals surface area contributed by atoms with Gasteiger partial charge < -0.3 is 9.47 Å². The summed E-state index contributed by atoms with van der Waals surface area (Å²) in [6, 6.07) is 3.96.